The monoisotopic (exact) mass is 1990 g/mol. The number of aryl methyl sites for hydroxylation is 8. The summed E-state index contributed by atoms with van der Waals surface area (Å²) in [7, 11) is 0. The van der Waals surface area contributed by atoms with E-state index in [0.717, 1.165) is 102 Å². The molecule has 148 heavy (non-hydrogen) atoms. The number of halogens is 2. The van der Waals surface area contributed by atoms with Crippen molar-refractivity contribution in [2.75, 3.05) is 28.7 Å². The van der Waals surface area contributed by atoms with Crippen molar-refractivity contribution in [3.63, 3.8) is 0 Å². The Morgan fingerprint density at radius 1 is 0.250 bits per heavy atom. The Labute approximate surface area is 869 Å². The molecule has 738 valence electrons. The lowest BCUT2D eigenvalue weighted by Gasteiger charge is -2.12. The van der Waals surface area contributed by atoms with Crippen molar-refractivity contribution in [3.05, 3.63) is 493 Å². The van der Waals surface area contributed by atoms with Crippen LogP contribution in [0.2, 0.25) is 0 Å². The van der Waals surface area contributed by atoms with Gasteiger partial charge in [-0.2, -0.15) is 0 Å². The second-order valence-corrected chi connectivity index (χ2v) is 35.8. The fourth-order valence-electron chi connectivity index (χ4n) is 15.2. The summed E-state index contributed by atoms with van der Waals surface area (Å²) in [5.74, 6) is 8.52. The van der Waals surface area contributed by atoms with Gasteiger partial charge >= 0.3 is 0 Å². The van der Waals surface area contributed by atoms with Crippen LogP contribution in [0.3, 0.4) is 0 Å². The highest BCUT2D eigenvalue weighted by atomic mass is 32.1. The van der Waals surface area contributed by atoms with Gasteiger partial charge in [-0.3, -0.25) is 9.97 Å². The molecule has 0 unspecified atom stereocenters. The summed E-state index contributed by atoms with van der Waals surface area (Å²) in [6.07, 6.45) is 15.7. The van der Waals surface area contributed by atoms with E-state index < -0.39 is 5.82 Å². The van der Waals surface area contributed by atoms with Crippen molar-refractivity contribution in [2.24, 2.45) is 0 Å². The molecule has 0 amide bonds. The normalized spacial score (nSPS) is 10.4. The highest BCUT2D eigenvalue weighted by molar-refractivity contribution is 7.13. The smallest absolute Gasteiger partial charge is 0.219 e. The minimum absolute atomic E-state index is 0.154. The molecule has 21 rings (SSSR count). The summed E-state index contributed by atoms with van der Waals surface area (Å²) in [4.78, 5) is 30.0. The van der Waals surface area contributed by atoms with E-state index in [0.29, 0.717) is 57.8 Å². The van der Waals surface area contributed by atoms with Crippen LogP contribution in [0, 0.1) is 53.2 Å². The van der Waals surface area contributed by atoms with Gasteiger partial charge in [0.2, 0.25) is 23.5 Å². The first-order valence-corrected chi connectivity index (χ1v) is 49.5. The summed E-state index contributed by atoms with van der Waals surface area (Å²) < 4.78 is 66.7. The maximum atomic E-state index is 13.7. The molecule has 0 bridgehead atoms. The minimum Gasteiger partial charge on any atom is -0.457 e. The first-order valence-electron chi connectivity index (χ1n) is 47.7. The first-order chi connectivity index (χ1) is 72.0. The molecule has 14 aromatic carbocycles. The maximum absolute atomic E-state index is 13.7. The topological polar surface area (TPSA) is 285 Å². The third-order valence-electron chi connectivity index (χ3n) is 23.1. The Hall–Kier alpha value is -18.5. The quantitative estimate of drug-likeness (QED) is 0.0372. The van der Waals surface area contributed by atoms with Crippen LogP contribution in [0.25, 0.3) is 76.6 Å². The van der Waals surface area contributed by atoms with E-state index in [9.17, 15) is 8.78 Å². The number of hydrogen-bond donors (Lipinski definition) is 5. The van der Waals surface area contributed by atoms with Gasteiger partial charge in [-0.05, 0) is 360 Å². The Balaban J connectivity index is 0.000000129. The Morgan fingerprint density at radius 2 is 0.588 bits per heavy atom. The average Bonchev–Trinajstić information content (AvgIpc) is 0.833. The standard InChI is InChI=1S/C22H22O.C21H21NO.C20H19NO.2C17H13FN2O.2C14H11N3OS/c1-4-18-9-11-19(12-10-18)23-20-13-14-22(17(3)15-20)21-8-6-5-7-16(21)2;1-4-17-9-12-21(22-14-17)23-18-10-11-20(16(3)13-18)19-8-6-5-7-15(19)2;1-14-5-3-4-6-19(14)20-12-11-18(13-15(20)2)22-17-9-7-16(21)8-10-17;18-14-5-1-12(2-6-14)13-3-8-16(9-4-13)21-17-10-7-15(19)11-20-17;18-16-11-14(19)3-6-17(16)21-15-4-1-12(2-5-15)13-7-9-20-10-8-13;15-11-3-6-14(17-7-11)18-12-4-1-10(2-5-12)13-8-16-9-19-13;15-11-3-6-13(17-9-11)18-12-4-1-10(2-5-12)14-16-7-8-19-14/h5-15H,4H2,1-3H3;5-14H,4H2,1-3H3;3-13H,21H2,1-2H3;2*1-11H,19H2;2*1-9H,15H2. The third-order valence-corrected chi connectivity index (χ3v) is 24.8. The van der Waals surface area contributed by atoms with E-state index in [1.54, 1.807) is 127 Å². The number of hydrogen-bond acceptors (Lipinski definition) is 21. The van der Waals surface area contributed by atoms with E-state index in [4.69, 9.17) is 61.8 Å². The van der Waals surface area contributed by atoms with Gasteiger partial charge in [0.15, 0.2) is 11.6 Å². The molecule has 0 spiro atoms. The third kappa shape index (κ3) is 30.6. The number of nitrogens with two attached hydrogens (primary N) is 5. The van der Waals surface area contributed by atoms with Crippen LogP contribution >= 0.6 is 22.7 Å². The van der Waals surface area contributed by atoms with E-state index >= 15 is 0 Å². The molecule has 0 aliphatic carbocycles. The molecule has 23 heteroatoms. The molecule has 0 atom stereocenters. The van der Waals surface area contributed by atoms with Crippen molar-refractivity contribution in [1.82, 2.24) is 34.9 Å². The van der Waals surface area contributed by atoms with Gasteiger partial charge in [-0.25, -0.2) is 33.7 Å². The average molecular weight is 1990 g/mol. The molecule has 21 aromatic rings. The molecular weight excluding hydrogens is 1880 g/mol. The van der Waals surface area contributed by atoms with Crippen LogP contribution < -0.4 is 61.8 Å². The van der Waals surface area contributed by atoms with Crippen molar-refractivity contribution in [1.29, 1.82) is 0 Å². The highest BCUT2D eigenvalue weighted by Gasteiger charge is 2.15. The lowest BCUT2D eigenvalue weighted by molar-refractivity contribution is 0.442. The van der Waals surface area contributed by atoms with Crippen LogP contribution in [-0.2, 0) is 12.8 Å². The van der Waals surface area contributed by atoms with Crippen LogP contribution in [0.15, 0.2) is 437 Å². The van der Waals surface area contributed by atoms with Gasteiger partial charge in [0, 0.05) is 83.6 Å². The SMILES string of the molecule is CCc1ccc(Oc2ccc(-c3ccccc3C)c(C)c2)cc1.CCc1ccc(Oc2ccc(-c3ccccc3C)c(C)c2)nc1.Cc1ccccc1-c1ccc(Oc2ccc(N)cc2)cc1C.Nc1ccc(Oc2ccc(-c3ccc(F)cc3)cc2)nc1.Nc1ccc(Oc2ccc(-c3ccncc3)cc2)c(F)c1.Nc1ccc(Oc2ccc(-c3cncs3)cc2)nc1.Nc1ccc(Oc2ccc(-c3nccs3)cc2)nc1. The molecule has 7 aromatic heterocycles. The Kier molecular flexibility index (Phi) is 36.5. The predicted molar refractivity (Wildman–Crippen MR) is 598 cm³/mol. The number of benzene rings is 14. The first kappa shape index (κ1) is 104. The number of rotatable bonds is 23. The maximum Gasteiger partial charge on any atom is 0.219 e. The van der Waals surface area contributed by atoms with Crippen LogP contribution in [0.5, 0.6) is 81.0 Å². The molecule has 0 radical (unpaired) electrons. The molecule has 10 N–H and O–H groups in total. The van der Waals surface area contributed by atoms with Gasteiger partial charge in [-0.1, -0.05) is 159 Å². The zero-order chi connectivity index (χ0) is 103. The van der Waals surface area contributed by atoms with Crippen molar-refractivity contribution < 1.29 is 41.9 Å². The van der Waals surface area contributed by atoms with Gasteiger partial charge in [-0.15, -0.1) is 22.7 Å². The second-order valence-electron chi connectivity index (χ2n) is 34.0. The second kappa shape index (κ2) is 52.0. The molecule has 7 heterocycles. The van der Waals surface area contributed by atoms with Crippen molar-refractivity contribution in [3.8, 4) is 158 Å². The highest BCUT2D eigenvalue weighted by Crippen LogP contribution is 2.39. The molecule has 0 fully saturated rings. The largest absolute Gasteiger partial charge is 0.457 e. The summed E-state index contributed by atoms with van der Waals surface area (Å²) in [5.41, 5.74) is 56.5. The number of thiazole rings is 2. The number of anilines is 5. The fraction of sp³-hybridized carbons (Fsp3) is 0.0800. The molecule has 0 saturated carbocycles. The Morgan fingerprint density at radius 3 is 0.966 bits per heavy atom. The molecule has 0 aliphatic heterocycles. The summed E-state index contributed by atoms with van der Waals surface area (Å²) >= 11 is 3.22. The zero-order valence-corrected chi connectivity index (χ0v) is 84.6. The van der Waals surface area contributed by atoms with E-state index in [2.05, 4.69) is 218 Å². The van der Waals surface area contributed by atoms with Crippen molar-refractivity contribution in [2.45, 2.75) is 68.2 Å². The van der Waals surface area contributed by atoms with Crippen LogP contribution in [-0.4, -0.2) is 34.9 Å². The summed E-state index contributed by atoms with van der Waals surface area (Å²) in [5, 5.41) is 2.95. The van der Waals surface area contributed by atoms with Gasteiger partial charge in [0.05, 0.1) is 46.0 Å². The minimum atomic E-state index is -0.479. The van der Waals surface area contributed by atoms with Gasteiger partial charge in [0.1, 0.15) is 62.6 Å². The summed E-state index contributed by atoms with van der Waals surface area (Å²) in [6, 6.07) is 119. The molecule has 19 nitrogen and oxygen atoms in total. The molecular formula is C125H110F2N12O7S2. The lowest BCUT2D eigenvalue weighted by Crippen LogP contribution is -1.91. The van der Waals surface area contributed by atoms with Crippen LogP contribution in [0.1, 0.15) is 58.4 Å². The molecule has 0 aliphatic rings. The number of pyridine rings is 5. The Bertz CT molecular complexity index is 7510. The van der Waals surface area contributed by atoms with E-state index in [-0.39, 0.29) is 11.6 Å². The number of aromatic nitrogens is 7. The van der Waals surface area contributed by atoms with Gasteiger partial charge < -0.3 is 61.8 Å². The number of ether oxygens (including phenoxy) is 7. The van der Waals surface area contributed by atoms with Crippen molar-refractivity contribution >= 4 is 51.1 Å². The fourth-order valence-corrected chi connectivity index (χ4v) is 16.4. The van der Waals surface area contributed by atoms with E-state index in [1.165, 1.54) is 102 Å². The van der Waals surface area contributed by atoms with E-state index in [1.807, 2.05) is 181 Å². The number of nitrogen functional groups attached to an aromatic ring is 5. The van der Waals surface area contributed by atoms with Gasteiger partial charge in [0.25, 0.3) is 0 Å². The lowest BCUT2D eigenvalue weighted by atomic mass is 9.96. The van der Waals surface area contributed by atoms with Crippen LogP contribution in [0.4, 0.5) is 37.2 Å². The molecule has 0 saturated heterocycles. The predicted octanol–water partition coefficient (Wildman–Crippen LogP) is 33.1. The zero-order valence-electron chi connectivity index (χ0n) is 82.9. The number of nitrogens with zero attached hydrogens (tertiary/aromatic N) is 7. The summed E-state index contributed by atoms with van der Waals surface area (Å²) in [6.45, 7) is 17.0.